The van der Waals surface area contributed by atoms with Crippen molar-refractivity contribution in [3.8, 4) is 10.6 Å². The molecular weight excluding hydrogens is 425 g/mol. The van der Waals surface area contributed by atoms with E-state index in [9.17, 15) is 22.8 Å². The molecule has 0 aliphatic heterocycles. The van der Waals surface area contributed by atoms with Crippen LogP contribution in [-0.2, 0) is 16.0 Å². The van der Waals surface area contributed by atoms with Crippen molar-refractivity contribution < 1.29 is 22.8 Å². The molecule has 0 saturated carbocycles. The molecule has 3 aromatic rings. The summed E-state index contributed by atoms with van der Waals surface area (Å²) in [4.78, 5) is 33.0. The van der Waals surface area contributed by atoms with Crippen LogP contribution in [0.1, 0.15) is 16.3 Å². The highest BCUT2D eigenvalue weighted by Crippen LogP contribution is 2.32. The van der Waals surface area contributed by atoms with E-state index in [4.69, 9.17) is 0 Å². The standard InChI is InChI=1S/C18H15F3N4O2S2/c1-9-15(29-10(2)22-9)13-8-28-17(24-13)25-14(26)7-11-4-3-5-12(6-11)23-16(27)18(19,20)21/h3-6,8H,7H2,1-2H3,(H,23,27)(H,24,25,26). The van der Waals surface area contributed by atoms with E-state index in [-0.39, 0.29) is 18.0 Å². The van der Waals surface area contributed by atoms with Gasteiger partial charge in [-0.3, -0.25) is 9.59 Å². The van der Waals surface area contributed by atoms with E-state index >= 15 is 0 Å². The maximum Gasteiger partial charge on any atom is 0.471 e. The van der Waals surface area contributed by atoms with Crippen LogP contribution in [0.3, 0.4) is 0 Å². The second-order valence-electron chi connectivity index (χ2n) is 6.06. The van der Waals surface area contributed by atoms with Crippen LogP contribution in [0.5, 0.6) is 0 Å². The summed E-state index contributed by atoms with van der Waals surface area (Å²) in [5.74, 6) is -2.44. The third kappa shape index (κ3) is 5.39. The molecule has 0 unspecified atom stereocenters. The Kier molecular flexibility index (Phi) is 5.99. The number of alkyl halides is 3. The SMILES string of the molecule is Cc1nc(C)c(-c2csc(NC(=O)Cc3cccc(NC(=O)C(F)(F)F)c3)n2)s1. The molecule has 152 valence electrons. The number of amides is 2. The van der Waals surface area contributed by atoms with E-state index in [1.807, 2.05) is 19.2 Å². The van der Waals surface area contributed by atoms with Crippen LogP contribution in [-0.4, -0.2) is 28.0 Å². The first-order valence-electron chi connectivity index (χ1n) is 8.28. The van der Waals surface area contributed by atoms with Crippen molar-refractivity contribution in [2.24, 2.45) is 0 Å². The second kappa shape index (κ2) is 8.29. The Hall–Kier alpha value is -2.79. The molecule has 2 amide bonds. The van der Waals surface area contributed by atoms with E-state index < -0.39 is 12.1 Å². The minimum Gasteiger partial charge on any atom is -0.318 e. The fourth-order valence-electron chi connectivity index (χ4n) is 2.51. The molecule has 0 aliphatic rings. The van der Waals surface area contributed by atoms with Gasteiger partial charge in [-0.25, -0.2) is 9.97 Å². The zero-order valence-electron chi connectivity index (χ0n) is 15.3. The van der Waals surface area contributed by atoms with E-state index in [0.29, 0.717) is 10.7 Å². The van der Waals surface area contributed by atoms with Crippen LogP contribution in [0.25, 0.3) is 10.6 Å². The smallest absolute Gasteiger partial charge is 0.318 e. The van der Waals surface area contributed by atoms with Gasteiger partial charge in [-0.1, -0.05) is 12.1 Å². The van der Waals surface area contributed by atoms with Crippen LogP contribution in [0.4, 0.5) is 24.0 Å². The van der Waals surface area contributed by atoms with Crippen molar-refractivity contribution >= 4 is 45.3 Å². The Morgan fingerprint density at radius 2 is 1.90 bits per heavy atom. The lowest BCUT2D eigenvalue weighted by Crippen LogP contribution is -2.29. The van der Waals surface area contributed by atoms with Gasteiger partial charge in [0.05, 0.1) is 27.7 Å². The van der Waals surface area contributed by atoms with Crippen molar-refractivity contribution in [3.63, 3.8) is 0 Å². The highest BCUT2D eigenvalue weighted by Gasteiger charge is 2.38. The van der Waals surface area contributed by atoms with Gasteiger partial charge in [0.15, 0.2) is 5.13 Å². The van der Waals surface area contributed by atoms with Gasteiger partial charge in [-0.15, -0.1) is 22.7 Å². The van der Waals surface area contributed by atoms with Gasteiger partial charge in [0.1, 0.15) is 0 Å². The average molecular weight is 440 g/mol. The van der Waals surface area contributed by atoms with E-state index in [1.54, 1.807) is 11.4 Å². The van der Waals surface area contributed by atoms with Gasteiger partial charge in [0, 0.05) is 11.1 Å². The van der Waals surface area contributed by atoms with Crippen molar-refractivity contribution in [2.45, 2.75) is 26.4 Å². The van der Waals surface area contributed by atoms with Gasteiger partial charge in [0.2, 0.25) is 5.91 Å². The molecule has 2 heterocycles. The fourth-order valence-corrected chi connectivity index (χ4v) is 4.19. The van der Waals surface area contributed by atoms with Crippen LogP contribution in [0.2, 0.25) is 0 Å². The lowest BCUT2D eigenvalue weighted by molar-refractivity contribution is -0.167. The zero-order valence-corrected chi connectivity index (χ0v) is 16.9. The molecule has 0 bridgehead atoms. The Morgan fingerprint density at radius 3 is 2.55 bits per heavy atom. The summed E-state index contributed by atoms with van der Waals surface area (Å²) in [7, 11) is 0. The minimum atomic E-state index is -4.98. The Morgan fingerprint density at radius 1 is 1.14 bits per heavy atom. The number of benzene rings is 1. The quantitative estimate of drug-likeness (QED) is 0.609. The first-order valence-corrected chi connectivity index (χ1v) is 9.98. The number of carbonyl (C=O) groups excluding carboxylic acids is 2. The Bertz CT molecular complexity index is 1060. The summed E-state index contributed by atoms with van der Waals surface area (Å²) < 4.78 is 37.1. The Labute approximate surface area is 171 Å². The number of carbonyl (C=O) groups is 2. The number of aryl methyl sites for hydroxylation is 2. The number of aromatic nitrogens is 2. The predicted octanol–water partition coefficient (Wildman–Crippen LogP) is 4.57. The summed E-state index contributed by atoms with van der Waals surface area (Å²) in [5, 5.41) is 7.60. The van der Waals surface area contributed by atoms with Crippen LogP contribution in [0.15, 0.2) is 29.6 Å². The van der Waals surface area contributed by atoms with Gasteiger partial charge in [0.25, 0.3) is 0 Å². The lowest BCUT2D eigenvalue weighted by atomic mass is 10.1. The number of rotatable bonds is 5. The lowest BCUT2D eigenvalue weighted by Gasteiger charge is -2.09. The molecule has 0 radical (unpaired) electrons. The molecular formula is C18H15F3N4O2S2. The normalized spacial score (nSPS) is 11.3. The van der Waals surface area contributed by atoms with Crippen molar-refractivity contribution in [2.75, 3.05) is 10.6 Å². The molecule has 1 aromatic carbocycles. The van der Waals surface area contributed by atoms with E-state index in [2.05, 4.69) is 15.3 Å². The molecule has 0 aliphatic carbocycles. The number of hydrogen-bond acceptors (Lipinski definition) is 6. The summed E-state index contributed by atoms with van der Waals surface area (Å²) in [5.41, 5.74) is 2.01. The maximum atomic E-state index is 12.4. The summed E-state index contributed by atoms with van der Waals surface area (Å²) >= 11 is 2.79. The molecule has 6 nitrogen and oxygen atoms in total. The number of thiazole rings is 2. The molecule has 2 N–H and O–H groups in total. The zero-order chi connectivity index (χ0) is 21.2. The van der Waals surface area contributed by atoms with E-state index in [1.165, 1.54) is 40.9 Å². The van der Waals surface area contributed by atoms with Crippen molar-refractivity contribution in [1.82, 2.24) is 9.97 Å². The maximum absolute atomic E-state index is 12.4. The third-order valence-electron chi connectivity index (χ3n) is 3.69. The van der Waals surface area contributed by atoms with Crippen LogP contribution < -0.4 is 10.6 Å². The van der Waals surface area contributed by atoms with Gasteiger partial charge in [-0.2, -0.15) is 13.2 Å². The van der Waals surface area contributed by atoms with Gasteiger partial charge < -0.3 is 10.6 Å². The number of anilines is 2. The summed E-state index contributed by atoms with van der Waals surface area (Å²) in [6.07, 6.45) is -5.06. The molecule has 0 atom stereocenters. The highest BCUT2D eigenvalue weighted by molar-refractivity contribution is 7.16. The first-order chi connectivity index (χ1) is 13.6. The summed E-state index contributed by atoms with van der Waals surface area (Å²) in [6.45, 7) is 3.79. The number of halogens is 3. The molecule has 0 fully saturated rings. The average Bonchev–Trinajstić information content (AvgIpc) is 3.20. The third-order valence-corrected chi connectivity index (χ3v) is 5.55. The topological polar surface area (TPSA) is 84.0 Å². The number of nitrogens with one attached hydrogen (secondary N) is 2. The van der Waals surface area contributed by atoms with Gasteiger partial charge >= 0.3 is 12.1 Å². The monoisotopic (exact) mass is 440 g/mol. The molecule has 0 spiro atoms. The van der Waals surface area contributed by atoms with Crippen molar-refractivity contribution in [1.29, 1.82) is 0 Å². The van der Waals surface area contributed by atoms with Crippen molar-refractivity contribution in [3.05, 3.63) is 45.9 Å². The van der Waals surface area contributed by atoms with Crippen LogP contribution in [0, 0.1) is 13.8 Å². The second-order valence-corrected chi connectivity index (χ2v) is 8.12. The molecule has 2 aromatic heterocycles. The number of hydrogen-bond donors (Lipinski definition) is 2. The fraction of sp³-hybridized carbons (Fsp3) is 0.222. The molecule has 0 saturated heterocycles. The largest absolute Gasteiger partial charge is 0.471 e. The highest BCUT2D eigenvalue weighted by atomic mass is 32.1. The Balaban J connectivity index is 1.64. The minimum absolute atomic E-state index is 0.0369. The predicted molar refractivity (Wildman–Crippen MR) is 106 cm³/mol. The molecule has 29 heavy (non-hydrogen) atoms. The number of nitrogens with zero attached hydrogens (tertiary/aromatic N) is 2. The summed E-state index contributed by atoms with van der Waals surface area (Å²) in [6, 6.07) is 5.68. The van der Waals surface area contributed by atoms with E-state index in [0.717, 1.165) is 21.3 Å². The molecule has 3 rings (SSSR count). The van der Waals surface area contributed by atoms with Gasteiger partial charge in [-0.05, 0) is 31.5 Å². The molecule has 11 heteroatoms. The first kappa shape index (κ1) is 20.9. The van der Waals surface area contributed by atoms with Crippen LogP contribution >= 0.6 is 22.7 Å².